The fourth-order valence-electron chi connectivity index (χ4n) is 2.09. The van der Waals surface area contributed by atoms with Crippen LogP contribution in [0.5, 0.6) is 0 Å². The summed E-state index contributed by atoms with van der Waals surface area (Å²) in [7, 11) is 1.42. The van der Waals surface area contributed by atoms with Crippen molar-refractivity contribution in [3.63, 3.8) is 0 Å². The van der Waals surface area contributed by atoms with Crippen molar-refractivity contribution in [3.05, 3.63) is 34.6 Å². The van der Waals surface area contributed by atoms with Gasteiger partial charge in [-0.3, -0.25) is 4.68 Å². The molecule has 21 heavy (non-hydrogen) atoms. The molecule has 1 aromatic carbocycles. The molecule has 0 unspecified atom stereocenters. The van der Waals surface area contributed by atoms with Crippen LogP contribution < -0.4 is 5.73 Å². The van der Waals surface area contributed by atoms with Gasteiger partial charge in [-0.1, -0.05) is 13.3 Å². The standard InChI is InChI=1S/C13H12F5N3/c1-3-4-5-12(20-21(2)13(5)19)6-7(14)9(16)11(18)10(17)8(6)15/h3-4,19H2,1-2H3. The van der Waals surface area contributed by atoms with Crippen molar-refractivity contribution < 1.29 is 22.0 Å². The minimum absolute atomic E-state index is 0.121. The van der Waals surface area contributed by atoms with Crippen molar-refractivity contribution in [1.29, 1.82) is 0 Å². The number of nitrogen functional groups attached to an aromatic ring is 1. The van der Waals surface area contributed by atoms with Gasteiger partial charge in [0.1, 0.15) is 11.5 Å². The quantitative estimate of drug-likeness (QED) is 0.537. The molecule has 8 heteroatoms. The summed E-state index contributed by atoms with van der Waals surface area (Å²) in [6.07, 6.45) is 0.868. The highest BCUT2D eigenvalue weighted by molar-refractivity contribution is 5.69. The molecule has 2 aromatic rings. The van der Waals surface area contributed by atoms with E-state index in [1.807, 2.05) is 0 Å². The van der Waals surface area contributed by atoms with E-state index >= 15 is 0 Å². The third-order valence-corrected chi connectivity index (χ3v) is 3.14. The molecule has 1 heterocycles. The number of hydrogen-bond donors (Lipinski definition) is 1. The summed E-state index contributed by atoms with van der Waals surface area (Å²) in [5.41, 5.74) is 4.60. The topological polar surface area (TPSA) is 43.8 Å². The van der Waals surface area contributed by atoms with Gasteiger partial charge in [0, 0.05) is 12.6 Å². The van der Waals surface area contributed by atoms with E-state index in [2.05, 4.69) is 5.10 Å². The molecule has 3 nitrogen and oxygen atoms in total. The molecule has 0 saturated heterocycles. The Hall–Kier alpha value is -2.12. The Morgan fingerprint density at radius 1 is 0.952 bits per heavy atom. The minimum atomic E-state index is -2.20. The van der Waals surface area contributed by atoms with Gasteiger partial charge in [0.2, 0.25) is 5.82 Å². The molecule has 2 rings (SSSR count). The summed E-state index contributed by atoms with van der Waals surface area (Å²) in [5.74, 6) is -9.92. The van der Waals surface area contributed by atoms with E-state index in [1.165, 1.54) is 7.05 Å². The van der Waals surface area contributed by atoms with Gasteiger partial charge in [0.15, 0.2) is 23.3 Å². The highest BCUT2D eigenvalue weighted by Crippen LogP contribution is 2.35. The number of nitrogens with two attached hydrogens (primary N) is 1. The number of rotatable bonds is 3. The van der Waals surface area contributed by atoms with Crippen molar-refractivity contribution in [2.45, 2.75) is 19.8 Å². The van der Waals surface area contributed by atoms with E-state index in [0.717, 1.165) is 4.68 Å². The predicted molar refractivity (Wildman–Crippen MR) is 66.8 cm³/mol. The Morgan fingerprint density at radius 3 is 1.90 bits per heavy atom. The predicted octanol–water partition coefficient (Wildman–Crippen LogP) is 3.32. The summed E-state index contributed by atoms with van der Waals surface area (Å²) in [6.45, 7) is 1.79. The van der Waals surface area contributed by atoms with E-state index in [-0.39, 0.29) is 17.1 Å². The lowest BCUT2D eigenvalue weighted by molar-refractivity contribution is 0.381. The highest BCUT2D eigenvalue weighted by Gasteiger charge is 2.30. The zero-order chi connectivity index (χ0) is 15.9. The van der Waals surface area contributed by atoms with Crippen molar-refractivity contribution in [3.8, 4) is 11.3 Å². The fraction of sp³-hybridized carbons (Fsp3) is 0.308. The zero-order valence-corrected chi connectivity index (χ0v) is 11.3. The van der Waals surface area contributed by atoms with E-state index < -0.39 is 34.6 Å². The summed E-state index contributed by atoms with van der Waals surface area (Å²) < 4.78 is 68.5. The molecular weight excluding hydrogens is 293 g/mol. The van der Waals surface area contributed by atoms with Crippen molar-refractivity contribution >= 4 is 5.82 Å². The number of aromatic nitrogens is 2. The van der Waals surface area contributed by atoms with Crippen molar-refractivity contribution in [2.24, 2.45) is 7.05 Å². The van der Waals surface area contributed by atoms with Gasteiger partial charge in [0.05, 0.1) is 5.56 Å². The largest absolute Gasteiger partial charge is 0.384 e. The maximum absolute atomic E-state index is 13.8. The van der Waals surface area contributed by atoms with Crippen LogP contribution in [0.3, 0.4) is 0 Å². The van der Waals surface area contributed by atoms with Crippen LogP contribution >= 0.6 is 0 Å². The monoisotopic (exact) mass is 305 g/mol. The number of anilines is 1. The SMILES string of the molecule is CCCc1c(-c2c(F)c(F)c(F)c(F)c2F)nn(C)c1N. The van der Waals surface area contributed by atoms with Crippen LogP contribution in [0.15, 0.2) is 0 Å². The molecule has 1 aromatic heterocycles. The third kappa shape index (κ3) is 2.24. The normalized spacial score (nSPS) is 11.2. The molecule has 0 aliphatic carbocycles. The molecule has 0 fully saturated rings. The first-order chi connectivity index (χ1) is 9.81. The zero-order valence-electron chi connectivity index (χ0n) is 11.3. The second kappa shape index (κ2) is 5.34. The van der Waals surface area contributed by atoms with Crippen LogP contribution in [0.4, 0.5) is 27.8 Å². The van der Waals surface area contributed by atoms with Crippen molar-refractivity contribution in [2.75, 3.05) is 5.73 Å². The smallest absolute Gasteiger partial charge is 0.200 e. The number of aryl methyl sites for hydroxylation is 1. The van der Waals surface area contributed by atoms with Crippen molar-refractivity contribution in [1.82, 2.24) is 9.78 Å². The molecule has 0 saturated carbocycles. The average molecular weight is 305 g/mol. The Balaban J connectivity index is 2.82. The number of benzene rings is 1. The maximum atomic E-state index is 13.8. The van der Waals surface area contributed by atoms with Crippen LogP contribution in [0, 0.1) is 29.1 Å². The Kier molecular flexibility index (Phi) is 3.89. The lowest BCUT2D eigenvalue weighted by atomic mass is 10.0. The lowest BCUT2D eigenvalue weighted by Crippen LogP contribution is -2.05. The maximum Gasteiger partial charge on any atom is 0.200 e. The van der Waals surface area contributed by atoms with Gasteiger partial charge in [-0.25, -0.2) is 22.0 Å². The van der Waals surface area contributed by atoms with Crippen LogP contribution in [0.2, 0.25) is 0 Å². The molecule has 0 bridgehead atoms. The Labute approximate surface area is 117 Å². The van der Waals surface area contributed by atoms with Gasteiger partial charge in [-0.05, 0) is 6.42 Å². The fourth-order valence-corrected chi connectivity index (χ4v) is 2.09. The lowest BCUT2D eigenvalue weighted by Gasteiger charge is -2.08. The third-order valence-electron chi connectivity index (χ3n) is 3.14. The second-order valence-electron chi connectivity index (χ2n) is 4.53. The van der Waals surface area contributed by atoms with Gasteiger partial charge in [-0.15, -0.1) is 0 Å². The first kappa shape index (κ1) is 15.3. The number of hydrogen-bond acceptors (Lipinski definition) is 2. The minimum Gasteiger partial charge on any atom is -0.384 e. The summed E-state index contributed by atoms with van der Waals surface area (Å²) >= 11 is 0. The van der Waals surface area contributed by atoms with E-state index in [0.29, 0.717) is 12.8 Å². The molecule has 0 aliphatic rings. The molecule has 0 atom stereocenters. The molecule has 0 amide bonds. The van der Waals surface area contributed by atoms with Gasteiger partial charge in [0.25, 0.3) is 0 Å². The van der Waals surface area contributed by atoms with E-state index in [9.17, 15) is 22.0 Å². The molecule has 2 N–H and O–H groups in total. The molecule has 0 radical (unpaired) electrons. The van der Waals surface area contributed by atoms with Crippen LogP contribution in [-0.4, -0.2) is 9.78 Å². The van der Waals surface area contributed by atoms with Gasteiger partial charge >= 0.3 is 0 Å². The number of halogens is 5. The van der Waals surface area contributed by atoms with Crippen LogP contribution in [0.25, 0.3) is 11.3 Å². The molecule has 0 aliphatic heterocycles. The van der Waals surface area contributed by atoms with E-state index in [1.54, 1.807) is 6.92 Å². The van der Waals surface area contributed by atoms with Gasteiger partial charge in [-0.2, -0.15) is 5.10 Å². The Bertz CT molecular complexity index is 680. The van der Waals surface area contributed by atoms with Crippen LogP contribution in [-0.2, 0) is 13.5 Å². The van der Waals surface area contributed by atoms with Gasteiger partial charge < -0.3 is 5.73 Å². The second-order valence-corrected chi connectivity index (χ2v) is 4.53. The Morgan fingerprint density at radius 2 is 1.43 bits per heavy atom. The first-order valence-corrected chi connectivity index (χ1v) is 6.14. The summed E-state index contributed by atoms with van der Waals surface area (Å²) in [4.78, 5) is 0. The number of nitrogens with zero attached hydrogens (tertiary/aromatic N) is 2. The summed E-state index contributed by atoms with van der Waals surface area (Å²) in [5, 5.41) is 3.79. The molecule has 0 spiro atoms. The first-order valence-electron chi connectivity index (χ1n) is 6.14. The molecular formula is C13H12F5N3. The highest BCUT2D eigenvalue weighted by atomic mass is 19.2. The molecule has 114 valence electrons. The van der Waals surface area contributed by atoms with E-state index in [4.69, 9.17) is 5.73 Å². The van der Waals surface area contributed by atoms with Crippen LogP contribution in [0.1, 0.15) is 18.9 Å². The summed E-state index contributed by atoms with van der Waals surface area (Å²) in [6, 6.07) is 0. The average Bonchev–Trinajstić information content (AvgIpc) is 2.72.